The maximum absolute atomic E-state index is 14.3. The number of nitrogens with zero attached hydrogens (tertiary/aromatic N) is 4. The second-order valence-corrected chi connectivity index (χ2v) is 8.14. The highest BCUT2D eigenvalue weighted by molar-refractivity contribution is 7.99. The summed E-state index contributed by atoms with van der Waals surface area (Å²) in [7, 11) is 0. The topological polar surface area (TPSA) is 60.2 Å². The van der Waals surface area contributed by atoms with Crippen LogP contribution in [0.2, 0.25) is 0 Å². The standard InChI is InChI=1S/C24H19FN4O2S/c25-18-10-4-5-11-19(18)28-16-26-27-24(28)32-15-23(30)29-20-12-6-7-13-22(20)31-14-21(29)17-8-2-1-3-9-17/h1-13,16,21H,14-15H2/t21-/m1/s1. The fourth-order valence-corrected chi connectivity index (χ4v) is 4.53. The van der Waals surface area contributed by atoms with Crippen molar-refractivity contribution in [3.05, 3.63) is 96.6 Å². The van der Waals surface area contributed by atoms with Gasteiger partial charge in [-0.15, -0.1) is 10.2 Å². The van der Waals surface area contributed by atoms with Gasteiger partial charge in [-0.05, 0) is 29.8 Å². The lowest BCUT2D eigenvalue weighted by molar-refractivity contribution is -0.117. The number of ether oxygens (including phenoxy) is 1. The molecule has 0 unspecified atom stereocenters. The lowest BCUT2D eigenvalue weighted by Gasteiger charge is -2.37. The molecular weight excluding hydrogens is 427 g/mol. The van der Waals surface area contributed by atoms with Crippen LogP contribution < -0.4 is 9.64 Å². The Morgan fingerprint density at radius 3 is 2.53 bits per heavy atom. The molecule has 0 saturated heterocycles. The van der Waals surface area contributed by atoms with Gasteiger partial charge < -0.3 is 4.74 Å². The predicted molar refractivity (Wildman–Crippen MR) is 121 cm³/mol. The lowest BCUT2D eigenvalue weighted by atomic mass is 10.0. The zero-order valence-electron chi connectivity index (χ0n) is 17.0. The van der Waals surface area contributed by atoms with Gasteiger partial charge in [0, 0.05) is 0 Å². The highest BCUT2D eigenvalue weighted by Crippen LogP contribution is 2.39. The van der Waals surface area contributed by atoms with Gasteiger partial charge in [0.05, 0.1) is 23.2 Å². The molecule has 4 aromatic rings. The molecule has 0 aliphatic carbocycles. The van der Waals surface area contributed by atoms with Crippen LogP contribution in [0.25, 0.3) is 5.69 Å². The summed E-state index contributed by atoms with van der Waals surface area (Å²) in [5, 5.41) is 8.44. The van der Waals surface area contributed by atoms with E-state index in [-0.39, 0.29) is 23.5 Å². The average molecular weight is 447 g/mol. The molecule has 0 radical (unpaired) electrons. The third kappa shape index (κ3) is 3.85. The van der Waals surface area contributed by atoms with Crippen molar-refractivity contribution in [3.8, 4) is 11.4 Å². The van der Waals surface area contributed by atoms with E-state index >= 15 is 0 Å². The summed E-state index contributed by atoms with van der Waals surface area (Å²) in [6.07, 6.45) is 1.45. The molecular formula is C24H19FN4O2S. The summed E-state index contributed by atoms with van der Waals surface area (Å²) >= 11 is 1.22. The van der Waals surface area contributed by atoms with E-state index in [1.807, 2.05) is 54.6 Å². The highest BCUT2D eigenvalue weighted by Gasteiger charge is 2.33. The molecule has 3 aromatic carbocycles. The first kappa shape index (κ1) is 20.3. The number of amides is 1. The van der Waals surface area contributed by atoms with Gasteiger partial charge in [0.1, 0.15) is 24.5 Å². The van der Waals surface area contributed by atoms with Crippen molar-refractivity contribution >= 4 is 23.4 Å². The van der Waals surface area contributed by atoms with Crippen LogP contribution in [-0.4, -0.2) is 33.0 Å². The SMILES string of the molecule is O=C(CSc1nncn1-c1ccccc1F)N1c2ccccc2OC[C@@H]1c1ccccc1. The number of benzene rings is 3. The molecule has 32 heavy (non-hydrogen) atoms. The van der Waals surface area contributed by atoms with Crippen LogP contribution in [0, 0.1) is 5.82 Å². The molecule has 1 aliphatic rings. The molecule has 8 heteroatoms. The number of anilines is 1. The van der Waals surface area contributed by atoms with E-state index in [9.17, 15) is 9.18 Å². The second-order valence-electron chi connectivity index (χ2n) is 7.19. The zero-order chi connectivity index (χ0) is 21.9. The molecule has 0 bridgehead atoms. The van der Waals surface area contributed by atoms with Crippen LogP contribution in [0.3, 0.4) is 0 Å². The van der Waals surface area contributed by atoms with Gasteiger partial charge in [0.15, 0.2) is 5.16 Å². The van der Waals surface area contributed by atoms with Gasteiger partial charge in [-0.2, -0.15) is 0 Å². The van der Waals surface area contributed by atoms with Gasteiger partial charge in [-0.25, -0.2) is 4.39 Å². The first-order valence-corrected chi connectivity index (χ1v) is 11.1. The summed E-state index contributed by atoms with van der Waals surface area (Å²) in [6.45, 7) is 0.364. The molecule has 1 aromatic heterocycles. The Balaban J connectivity index is 1.42. The molecule has 6 nitrogen and oxygen atoms in total. The molecule has 0 spiro atoms. The molecule has 1 amide bonds. The first-order chi connectivity index (χ1) is 15.7. The number of carbonyl (C=O) groups is 1. The minimum Gasteiger partial charge on any atom is -0.489 e. The van der Waals surface area contributed by atoms with Gasteiger partial charge in [0.2, 0.25) is 5.91 Å². The number of aromatic nitrogens is 3. The minimum absolute atomic E-state index is 0.0947. The number of hydrogen-bond donors (Lipinski definition) is 0. The minimum atomic E-state index is -0.383. The fourth-order valence-electron chi connectivity index (χ4n) is 3.75. The second kappa shape index (κ2) is 8.84. The molecule has 0 saturated carbocycles. The first-order valence-electron chi connectivity index (χ1n) is 10.1. The molecule has 1 aliphatic heterocycles. The fraction of sp³-hybridized carbons (Fsp3) is 0.125. The smallest absolute Gasteiger partial charge is 0.238 e. The highest BCUT2D eigenvalue weighted by atomic mass is 32.2. The number of para-hydroxylation sites is 3. The van der Waals surface area contributed by atoms with Crippen molar-refractivity contribution in [1.82, 2.24) is 14.8 Å². The molecule has 160 valence electrons. The Hall–Kier alpha value is -3.65. The van der Waals surface area contributed by atoms with Crippen LogP contribution in [0.1, 0.15) is 11.6 Å². The van der Waals surface area contributed by atoms with E-state index in [0.717, 1.165) is 11.3 Å². The van der Waals surface area contributed by atoms with Crippen LogP contribution in [-0.2, 0) is 4.79 Å². The monoisotopic (exact) mass is 446 g/mol. The van der Waals surface area contributed by atoms with Crippen LogP contribution >= 0.6 is 11.8 Å². The van der Waals surface area contributed by atoms with E-state index in [1.54, 1.807) is 27.7 Å². The van der Waals surface area contributed by atoms with Crippen molar-refractivity contribution in [3.63, 3.8) is 0 Å². The Kier molecular flexibility index (Phi) is 5.60. The van der Waals surface area contributed by atoms with Gasteiger partial charge in [0.25, 0.3) is 0 Å². The summed E-state index contributed by atoms with van der Waals surface area (Å²) in [4.78, 5) is 15.3. The summed E-state index contributed by atoms with van der Waals surface area (Å²) in [5.74, 6) is 0.312. The predicted octanol–water partition coefficient (Wildman–Crippen LogP) is 4.67. The molecule has 2 heterocycles. The number of hydrogen-bond acceptors (Lipinski definition) is 5. The van der Waals surface area contributed by atoms with E-state index in [4.69, 9.17) is 4.74 Å². The number of halogens is 1. The van der Waals surface area contributed by atoms with E-state index < -0.39 is 0 Å². The van der Waals surface area contributed by atoms with Crippen LogP contribution in [0.15, 0.2) is 90.3 Å². The Labute approximate surface area is 188 Å². The third-order valence-corrected chi connectivity index (χ3v) is 6.17. The van der Waals surface area contributed by atoms with E-state index in [2.05, 4.69) is 10.2 Å². The average Bonchev–Trinajstić information content (AvgIpc) is 3.31. The number of carbonyl (C=O) groups excluding carboxylic acids is 1. The molecule has 0 N–H and O–H groups in total. The number of rotatable bonds is 5. The molecule has 1 atom stereocenters. The molecule has 0 fully saturated rings. The Morgan fingerprint density at radius 2 is 1.72 bits per heavy atom. The van der Waals surface area contributed by atoms with Crippen molar-refractivity contribution < 1.29 is 13.9 Å². The zero-order valence-corrected chi connectivity index (χ0v) is 17.8. The van der Waals surface area contributed by atoms with Crippen LogP contribution in [0.4, 0.5) is 10.1 Å². The van der Waals surface area contributed by atoms with Crippen molar-refractivity contribution in [2.75, 3.05) is 17.3 Å². The normalized spacial score (nSPS) is 15.2. The van der Waals surface area contributed by atoms with Crippen LogP contribution in [0.5, 0.6) is 5.75 Å². The Morgan fingerprint density at radius 1 is 1.00 bits per heavy atom. The lowest BCUT2D eigenvalue weighted by Crippen LogP contribution is -2.42. The number of fused-ring (bicyclic) bond motifs is 1. The maximum Gasteiger partial charge on any atom is 0.238 e. The summed E-state index contributed by atoms with van der Waals surface area (Å²) in [5.41, 5.74) is 2.06. The summed E-state index contributed by atoms with van der Waals surface area (Å²) < 4.78 is 21.7. The van der Waals surface area contributed by atoms with Gasteiger partial charge in [-0.3, -0.25) is 14.3 Å². The largest absolute Gasteiger partial charge is 0.489 e. The third-order valence-electron chi connectivity index (χ3n) is 5.24. The molecule has 5 rings (SSSR count). The maximum atomic E-state index is 14.3. The van der Waals surface area contributed by atoms with Crippen molar-refractivity contribution in [1.29, 1.82) is 0 Å². The van der Waals surface area contributed by atoms with Gasteiger partial charge >= 0.3 is 0 Å². The quantitative estimate of drug-likeness (QED) is 0.417. The van der Waals surface area contributed by atoms with Crippen molar-refractivity contribution in [2.24, 2.45) is 0 Å². The van der Waals surface area contributed by atoms with E-state index in [1.165, 1.54) is 24.2 Å². The number of thioether (sulfide) groups is 1. The van der Waals surface area contributed by atoms with E-state index in [0.29, 0.717) is 23.2 Å². The van der Waals surface area contributed by atoms with Crippen molar-refractivity contribution in [2.45, 2.75) is 11.2 Å². The summed E-state index contributed by atoms with van der Waals surface area (Å²) in [6, 6.07) is 23.5. The van der Waals surface area contributed by atoms with Gasteiger partial charge in [-0.1, -0.05) is 66.4 Å². The Bertz CT molecular complexity index is 1250.